The first-order valence-electron chi connectivity index (χ1n) is 13.2. The summed E-state index contributed by atoms with van der Waals surface area (Å²) >= 11 is 7.72. The summed E-state index contributed by atoms with van der Waals surface area (Å²) in [5.74, 6) is -0.644. The zero-order chi connectivity index (χ0) is 28.7. The summed E-state index contributed by atoms with van der Waals surface area (Å²) in [6, 6.07) is 25.9. The Hall–Kier alpha value is -3.16. The van der Waals surface area contributed by atoms with Gasteiger partial charge in [-0.1, -0.05) is 78.3 Å². The van der Waals surface area contributed by atoms with Crippen LogP contribution in [0.3, 0.4) is 0 Å². The smallest absolute Gasteiger partial charge is 0.333 e. The largest absolute Gasteiger partial charge is 0.479 e. The lowest BCUT2D eigenvalue weighted by Gasteiger charge is -2.24. The van der Waals surface area contributed by atoms with E-state index in [2.05, 4.69) is 12.1 Å². The number of rotatable bonds is 12. The Morgan fingerprint density at radius 3 is 2.58 bits per heavy atom. The van der Waals surface area contributed by atoms with E-state index in [1.54, 1.807) is 25.6 Å². The summed E-state index contributed by atoms with van der Waals surface area (Å²) in [7, 11) is 1.42. The fourth-order valence-corrected chi connectivity index (χ4v) is 6.13. The first-order valence-corrected chi connectivity index (χ1v) is 14.6. The number of carboxylic acids is 1. The van der Waals surface area contributed by atoms with Gasteiger partial charge in [-0.2, -0.15) is 11.8 Å². The van der Waals surface area contributed by atoms with Gasteiger partial charge < -0.3 is 14.9 Å². The normalized spacial score (nSPS) is 13.5. The van der Waals surface area contributed by atoms with Crippen molar-refractivity contribution < 1.29 is 19.7 Å². The molecule has 2 atom stereocenters. The van der Waals surface area contributed by atoms with Gasteiger partial charge in [-0.3, -0.25) is 0 Å². The number of hydrogen-bond acceptors (Lipinski definition) is 5. The first kappa shape index (κ1) is 29.8. The topological polar surface area (TPSA) is 79.7 Å². The highest BCUT2D eigenvalue weighted by atomic mass is 35.5. The van der Waals surface area contributed by atoms with Crippen molar-refractivity contribution in [2.75, 3.05) is 12.9 Å². The van der Waals surface area contributed by atoms with E-state index in [9.17, 15) is 15.0 Å². The maximum atomic E-state index is 11.6. The molecule has 4 rings (SSSR count). The lowest BCUT2D eigenvalue weighted by Crippen LogP contribution is -2.25. The predicted octanol–water partition coefficient (Wildman–Crippen LogP) is 7.79. The second-order valence-corrected chi connectivity index (χ2v) is 11.9. The van der Waals surface area contributed by atoms with Gasteiger partial charge in [-0.05, 0) is 73.2 Å². The highest BCUT2D eigenvalue weighted by Crippen LogP contribution is 2.36. The molecule has 1 heterocycles. The Balaban J connectivity index is 1.57. The number of carbonyl (C=O) groups is 1. The minimum absolute atomic E-state index is 0.0288. The zero-order valence-electron chi connectivity index (χ0n) is 22.9. The molecule has 0 aliphatic rings. The van der Waals surface area contributed by atoms with Gasteiger partial charge in [-0.25, -0.2) is 9.78 Å². The Bertz CT molecular complexity index is 1500. The Morgan fingerprint density at radius 2 is 1.82 bits per heavy atom. The number of hydrogen-bond donors (Lipinski definition) is 2. The van der Waals surface area contributed by atoms with Crippen LogP contribution < -0.4 is 0 Å². The molecule has 3 aromatic carbocycles. The number of carboxylic acid groups (broad SMARTS) is 1. The van der Waals surface area contributed by atoms with Crippen LogP contribution in [0.25, 0.3) is 23.1 Å². The third-order valence-corrected chi connectivity index (χ3v) is 8.41. The lowest BCUT2D eigenvalue weighted by atomic mass is 9.90. The van der Waals surface area contributed by atoms with E-state index in [4.69, 9.17) is 21.3 Å². The number of aryl methyl sites for hydroxylation is 1. The predicted molar refractivity (Wildman–Crippen MR) is 166 cm³/mol. The van der Waals surface area contributed by atoms with Gasteiger partial charge in [-0.15, -0.1) is 0 Å². The van der Waals surface area contributed by atoms with Crippen molar-refractivity contribution in [2.24, 2.45) is 0 Å². The van der Waals surface area contributed by atoms with E-state index >= 15 is 0 Å². The van der Waals surface area contributed by atoms with Gasteiger partial charge in [0.15, 0.2) is 6.10 Å². The summed E-state index contributed by atoms with van der Waals surface area (Å²) in [4.78, 5) is 16.3. The molecular formula is C33H34ClNO4S. The number of aromatic nitrogens is 1. The van der Waals surface area contributed by atoms with Crippen LogP contribution in [-0.2, 0) is 21.6 Å². The Morgan fingerprint density at radius 1 is 1.05 bits per heavy atom. The molecule has 1 aromatic heterocycles. The van der Waals surface area contributed by atoms with Crippen LogP contribution in [0.4, 0.5) is 0 Å². The average Bonchev–Trinajstić information content (AvgIpc) is 2.93. The fourth-order valence-electron chi connectivity index (χ4n) is 4.66. The number of thioether (sulfide) groups is 1. The van der Waals surface area contributed by atoms with E-state index in [-0.39, 0.29) is 5.25 Å². The molecule has 0 spiro atoms. The van der Waals surface area contributed by atoms with Gasteiger partial charge in [0.2, 0.25) is 0 Å². The number of benzene rings is 3. The number of aliphatic hydroxyl groups is 1. The molecule has 2 unspecified atom stereocenters. The van der Waals surface area contributed by atoms with Crippen molar-refractivity contribution in [3.63, 3.8) is 0 Å². The molecule has 208 valence electrons. The minimum atomic E-state index is -0.970. The van der Waals surface area contributed by atoms with Crippen molar-refractivity contribution in [3.8, 4) is 0 Å². The highest BCUT2D eigenvalue weighted by Gasteiger charge is 2.23. The van der Waals surface area contributed by atoms with Crippen molar-refractivity contribution in [3.05, 3.63) is 112 Å². The molecule has 5 nitrogen and oxygen atoms in total. The molecule has 2 N–H and O–H groups in total. The zero-order valence-corrected chi connectivity index (χ0v) is 24.5. The van der Waals surface area contributed by atoms with Gasteiger partial charge in [0.05, 0.1) is 16.8 Å². The van der Waals surface area contributed by atoms with Gasteiger partial charge in [0.1, 0.15) is 0 Å². The average molecular weight is 576 g/mol. The lowest BCUT2D eigenvalue weighted by molar-refractivity contribution is -0.146. The summed E-state index contributed by atoms with van der Waals surface area (Å²) in [6.07, 6.45) is 4.64. The standard InChI is InChI=1S/C33H34ClNO4S/c1-33(2,38)28-10-5-4-8-23(28)14-18-31(40-21-30(39-3)32(36)37)25-9-6-7-22(19-25)11-16-27-17-13-24-12-15-26(34)20-29(24)35-27/h4-13,15-17,19-20,30-31,38H,14,18,21H2,1-3H3,(H,36,37). The molecule has 0 aliphatic carbocycles. The van der Waals surface area contributed by atoms with Crippen LogP contribution in [0.5, 0.6) is 0 Å². The number of methoxy groups -OCH3 is 1. The van der Waals surface area contributed by atoms with Crippen LogP contribution in [0, 0.1) is 0 Å². The number of pyridine rings is 1. The van der Waals surface area contributed by atoms with Crippen LogP contribution in [0.15, 0.2) is 78.9 Å². The van der Waals surface area contributed by atoms with Crippen molar-refractivity contribution >= 4 is 52.4 Å². The van der Waals surface area contributed by atoms with Crippen LogP contribution in [0.2, 0.25) is 5.02 Å². The number of fused-ring (bicyclic) bond motifs is 1. The third-order valence-electron chi connectivity index (χ3n) is 6.77. The van der Waals surface area contributed by atoms with Crippen LogP contribution in [-0.4, -0.2) is 40.1 Å². The summed E-state index contributed by atoms with van der Waals surface area (Å²) in [5.41, 5.74) is 4.84. The molecule has 4 aromatic rings. The van der Waals surface area contributed by atoms with E-state index in [0.29, 0.717) is 10.8 Å². The van der Waals surface area contributed by atoms with Crippen LogP contribution in [0.1, 0.15) is 53.5 Å². The molecule has 40 heavy (non-hydrogen) atoms. The SMILES string of the molecule is COC(CSC(CCc1ccccc1C(C)(C)O)c1cccc(C=Cc2ccc3ccc(Cl)cc3n2)c1)C(=O)O. The summed E-state index contributed by atoms with van der Waals surface area (Å²) in [5, 5.41) is 21.9. The van der Waals surface area contributed by atoms with Gasteiger partial charge in [0.25, 0.3) is 0 Å². The summed E-state index contributed by atoms with van der Waals surface area (Å²) in [6.45, 7) is 3.59. The van der Waals surface area contributed by atoms with E-state index < -0.39 is 17.7 Å². The molecule has 0 saturated carbocycles. The Labute approximate surface area is 244 Å². The number of halogens is 1. The van der Waals surface area contributed by atoms with E-state index in [1.807, 2.05) is 78.9 Å². The second-order valence-electron chi connectivity index (χ2n) is 10.2. The van der Waals surface area contributed by atoms with Crippen LogP contribution >= 0.6 is 23.4 Å². The summed E-state index contributed by atoms with van der Waals surface area (Å²) < 4.78 is 5.19. The number of nitrogens with zero attached hydrogens (tertiary/aromatic N) is 1. The van der Waals surface area contributed by atoms with Gasteiger partial charge >= 0.3 is 5.97 Å². The van der Waals surface area contributed by atoms with Crippen molar-refractivity contribution in [1.29, 1.82) is 0 Å². The first-order chi connectivity index (χ1) is 19.1. The minimum Gasteiger partial charge on any atom is -0.479 e. The molecular weight excluding hydrogens is 542 g/mol. The van der Waals surface area contributed by atoms with E-state index in [1.165, 1.54) is 7.11 Å². The monoisotopic (exact) mass is 575 g/mol. The molecule has 0 aliphatic heterocycles. The highest BCUT2D eigenvalue weighted by molar-refractivity contribution is 7.99. The van der Waals surface area contributed by atoms with Gasteiger partial charge in [0, 0.05) is 28.5 Å². The molecule has 0 fully saturated rings. The quantitative estimate of drug-likeness (QED) is 0.179. The maximum Gasteiger partial charge on any atom is 0.333 e. The fraction of sp³-hybridized carbons (Fsp3) is 0.273. The molecule has 0 saturated heterocycles. The maximum absolute atomic E-state index is 11.6. The number of aliphatic carboxylic acids is 1. The second kappa shape index (κ2) is 13.5. The number of ether oxygens (including phenoxy) is 1. The third kappa shape index (κ3) is 7.95. The van der Waals surface area contributed by atoms with E-state index in [0.717, 1.165) is 51.7 Å². The van der Waals surface area contributed by atoms with Crippen molar-refractivity contribution in [1.82, 2.24) is 4.98 Å². The Kier molecular flexibility index (Phi) is 10.0. The molecule has 0 radical (unpaired) electrons. The molecule has 0 bridgehead atoms. The molecule has 0 amide bonds. The van der Waals surface area contributed by atoms with Crippen molar-refractivity contribution in [2.45, 2.75) is 43.6 Å². The molecule has 7 heteroatoms.